The lowest BCUT2D eigenvalue weighted by atomic mass is 10.1. The van der Waals surface area contributed by atoms with Crippen LogP contribution in [0, 0.1) is 0 Å². The van der Waals surface area contributed by atoms with Crippen LogP contribution in [0.4, 0.5) is 5.69 Å². The van der Waals surface area contributed by atoms with E-state index in [2.05, 4.69) is 58.7 Å². The first kappa shape index (κ1) is 23.5. The summed E-state index contributed by atoms with van der Waals surface area (Å²) in [6.45, 7) is 2.99. The van der Waals surface area contributed by atoms with Gasteiger partial charge >= 0.3 is 0 Å². The lowest BCUT2D eigenvalue weighted by Crippen LogP contribution is -2.35. The molecule has 7 heteroatoms. The van der Waals surface area contributed by atoms with E-state index in [1.807, 2.05) is 0 Å². The average Bonchev–Trinajstić information content (AvgIpc) is 3.35. The Bertz CT molecular complexity index is 801. The first-order valence-corrected chi connectivity index (χ1v) is 9.77. The molecule has 0 aliphatic carbocycles. The van der Waals surface area contributed by atoms with E-state index in [1.54, 1.807) is 0 Å². The second-order valence-corrected chi connectivity index (χ2v) is 7.39. The molecule has 3 N–H and O–H groups in total. The lowest BCUT2D eigenvalue weighted by Gasteiger charge is -2.19. The topological polar surface area (TPSA) is 67.6 Å². The fourth-order valence-corrected chi connectivity index (χ4v) is 3.93. The summed E-state index contributed by atoms with van der Waals surface area (Å²) in [5.74, 6) is -0.0382. The molecule has 2 aliphatic rings. The van der Waals surface area contributed by atoms with Gasteiger partial charge < -0.3 is 20.7 Å². The molecular formula is C22H29Cl2N3O2. The predicted octanol–water partition coefficient (Wildman–Crippen LogP) is 3.22. The minimum Gasteiger partial charge on any atom is -0.367 e. The van der Waals surface area contributed by atoms with Gasteiger partial charge in [-0.2, -0.15) is 0 Å². The lowest BCUT2D eigenvalue weighted by molar-refractivity contribution is -0.132. The van der Waals surface area contributed by atoms with E-state index in [0.717, 1.165) is 37.9 Å². The van der Waals surface area contributed by atoms with Gasteiger partial charge in [-0.3, -0.25) is 4.79 Å². The number of carbonyl (C=O) groups is 1. The molecule has 0 saturated carbocycles. The number of benzene rings is 2. The number of nitrogens with one attached hydrogen (secondary N) is 1. The molecule has 0 radical (unpaired) electrons. The average molecular weight is 438 g/mol. The molecule has 2 heterocycles. The zero-order valence-electron chi connectivity index (χ0n) is 16.4. The predicted molar refractivity (Wildman–Crippen MR) is 121 cm³/mol. The smallest absolute Gasteiger partial charge is 0.249 e. The third-order valence-corrected chi connectivity index (χ3v) is 5.51. The van der Waals surface area contributed by atoms with E-state index in [1.165, 1.54) is 16.8 Å². The molecular weight excluding hydrogens is 409 g/mol. The molecule has 0 aromatic heterocycles. The van der Waals surface area contributed by atoms with E-state index in [4.69, 9.17) is 10.5 Å². The Labute approximate surface area is 184 Å². The van der Waals surface area contributed by atoms with Crippen molar-refractivity contribution in [3.05, 3.63) is 65.2 Å². The number of halogens is 2. The molecule has 2 atom stereocenters. The Kier molecular flexibility index (Phi) is 8.78. The van der Waals surface area contributed by atoms with Crippen LogP contribution in [-0.4, -0.2) is 31.2 Å². The van der Waals surface area contributed by atoms with Gasteiger partial charge in [-0.1, -0.05) is 42.5 Å². The van der Waals surface area contributed by atoms with Crippen molar-refractivity contribution >= 4 is 36.4 Å². The number of amides is 1. The SMILES string of the molecule is Cl.Cl.NC[C@H]1CC[C@@H](C(=O)NCc2ccc(CN3CCc4ccccc43)cc2)O1. The van der Waals surface area contributed by atoms with E-state index in [0.29, 0.717) is 13.1 Å². The Morgan fingerprint density at radius 1 is 1.07 bits per heavy atom. The number of nitrogens with zero attached hydrogens (tertiary/aromatic N) is 1. The molecule has 1 fully saturated rings. The van der Waals surface area contributed by atoms with Crippen molar-refractivity contribution in [2.45, 2.75) is 44.6 Å². The summed E-state index contributed by atoms with van der Waals surface area (Å²) in [5, 5.41) is 2.98. The second kappa shape index (κ2) is 10.8. The summed E-state index contributed by atoms with van der Waals surface area (Å²) in [6, 6.07) is 17.1. The number of hydrogen-bond acceptors (Lipinski definition) is 4. The van der Waals surface area contributed by atoms with E-state index in [-0.39, 0.29) is 42.9 Å². The van der Waals surface area contributed by atoms with Gasteiger partial charge in [0.15, 0.2) is 0 Å². The first-order chi connectivity index (χ1) is 13.2. The highest BCUT2D eigenvalue weighted by molar-refractivity contribution is 5.85. The standard InChI is InChI=1S/C22H27N3O2.2ClH/c23-13-19-9-10-21(27-19)22(26)24-14-16-5-7-17(8-6-16)15-25-12-11-18-3-1-2-4-20(18)25;;/h1-8,19,21H,9-15,23H2,(H,24,26);2*1H/t19-,21+;;/m1../s1. The minimum absolute atomic E-state index is 0. The number of hydrogen-bond donors (Lipinski definition) is 2. The second-order valence-electron chi connectivity index (χ2n) is 7.39. The Morgan fingerprint density at radius 2 is 1.79 bits per heavy atom. The molecule has 4 rings (SSSR count). The maximum atomic E-state index is 12.2. The third-order valence-electron chi connectivity index (χ3n) is 5.51. The van der Waals surface area contributed by atoms with Crippen LogP contribution in [0.15, 0.2) is 48.5 Å². The van der Waals surface area contributed by atoms with Gasteiger partial charge in [0.05, 0.1) is 6.10 Å². The van der Waals surface area contributed by atoms with Crippen molar-refractivity contribution in [1.82, 2.24) is 5.32 Å². The molecule has 0 unspecified atom stereocenters. The fraction of sp³-hybridized carbons (Fsp3) is 0.409. The van der Waals surface area contributed by atoms with Crippen LogP contribution in [0.25, 0.3) is 0 Å². The summed E-state index contributed by atoms with van der Waals surface area (Å²) in [4.78, 5) is 14.6. The highest BCUT2D eigenvalue weighted by Crippen LogP contribution is 2.28. The number of rotatable bonds is 6. The molecule has 5 nitrogen and oxygen atoms in total. The van der Waals surface area contributed by atoms with Crippen molar-refractivity contribution < 1.29 is 9.53 Å². The number of carbonyl (C=O) groups excluding carboxylic acids is 1. The number of fused-ring (bicyclic) bond motifs is 1. The van der Waals surface area contributed by atoms with Gasteiger partial charge in [0, 0.05) is 31.9 Å². The number of anilines is 1. The fourth-order valence-electron chi connectivity index (χ4n) is 3.93. The van der Waals surface area contributed by atoms with Crippen LogP contribution >= 0.6 is 24.8 Å². The number of ether oxygens (including phenoxy) is 1. The van der Waals surface area contributed by atoms with Crippen molar-refractivity contribution in [3.63, 3.8) is 0 Å². The largest absolute Gasteiger partial charge is 0.367 e. The summed E-state index contributed by atoms with van der Waals surface area (Å²) < 4.78 is 5.64. The normalized spacial score (nSPS) is 19.8. The van der Waals surface area contributed by atoms with Crippen LogP contribution < -0.4 is 16.0 Å². The Hall–Kier alpha value is -1.79. The first-order valence-electron chi connectivity index (χ1n) is 9.77. The minimum atomic E-state index is -0.354. The van der Waals surface area contributed by atoms with E-state index < -0.39 is 0 Å². The zero-order valence-corrected chi connectivity index (χ0v) is 18.0. The van der Waals surface area contributed by atoms with Gasteiger partial charge in [-0.15, -0.1) is 24.8 Å². The third kappa shape index (κ3) is 5.64. The molecule has 2 aromatic carbocycles. The van der Waals surface area contributed by atoms with E-state index >= 15 is 0 Å². The quantitative estimate of drug-likeness (QED) is 0.727. The van der Waals surface area contributed by atoms with Crippen LogP contribution in [0.5, 0.6) is 0 Å². The van der Waals surface area contributed by atoms with Crippen molar-refractivity contribution in [1.29, 1.82) is 0 Å². The molecule has 158 valence electrons. The molecule has 29 heavy (non-hydrogen) atoms. The molecule has 2 aliphatic heterocycles. The zero-order chi connectivity index (χ0) is 18.6. The highest BCUT2D eigenvalue weighted by atomic mass is 35.5. The molecule has 0 spiro atoms. The summed E-state index contributed by atoms with van der Waals surface area (Å²) in [5.41, 5.74) is 10.8. The van der Waals surface area contributed by atoms with Gasteiger partial charge in [-0.25, -0.2) is 0 Å². The molecule has 0 bridgehead atoms. The van der Waals surface area contributed by atoms with Gasteiger partial charge in [0.1, 0.15) is 6.10 Å². The highest BCUT2D eigenvalue weighted by Gasteiger charge is 2.29. The monoisotopic (exact) mass is 437 g/mol. The Balaban J connectivity index is 0.00000150. The summed E-state index contributed by atoms with van der Waals surface area (Å²) in [7, 11) is 0. The molecule has 2 aromatic rings. The van der Waals surface area contributed by atoms with Crippen LogP contribution in [0.1, 0.15) is 29.5 Å². The van der Waals surface area contributed by atoms with Gasteiger partial charge in [0.25, 0.3) is 0 Å². The van der Waals surface area contributed by atoms with Crippen LogP contribution in [0.3, 0.4) is 0 Å². The maximum absolute atomic E-state index is 12.2. The molecule has 1 amide bonds. The number of nitrogens with two attached hydrogens (primary N) is 1. The van der Waals surface area contributed by atoms with E-state index in [9.17, 15) is 4.79 Å². The van der Waals surface area contributed by atoms with Crippen molar-refractivity contribution in [2.75, 3.05) is 18.0 Å². The summed E-state index contributed by atoms with van der Waals surface area (Å²) in [6.07, 6.45) is 2.41. The van der Waals surface area contributed by atoms with Crippen LogP contribution in [0.2, 0.25) is 0 Å². The van der Waals surface area contributed by atoms with Crippen LogP contribution in [-0.2, 0) is 29.0 Å². The maximum Gasteiger partial charge on any atom is 0.249 e. The van der Waals surface area contributed by atoms with Crippen molar-refractivity contribution in [3.8, 4) is 0 Å². The Morgan fingerprint density at radius 3 is 2.52 bits per heavy atom. The molecule has 1 saturated heterocycles. The van der Waals surface area contributed by atoms with Gasteiger partial charge in [-0.05, 0) is 42.0 Å². The van der Waals surface area contributed by atoms with Crippen molar-refractivity contribution in [2.24, 2.45) is 5.73 Å². The number of para-hydroxylation sites is 1. The van der Waals surface area contributed by atoms with Gasteiger partial charge in [0.2, 0.25) is 5.91 Å². The summed E-state index contributed by atoms with van der Waals surface area (Å²) >= 11 is 0.